The standard InChI is InChI=1S/C28H30N8OS.3H2/c1-19-16-25(34-33-19)30-24-17-26(36-14-3-15-36)32-28(31-24)38-23-10-8-22(9-11-23)29-27(37)21-6-4-20(5-7-21)18-35-12-2-13-35;;;/h4-11,16-17H,2-3,12-15,18H2,1H3,(H,29,37)(H2,30,31,32,33,34);3*1H. The molecule has 0 saturated carbocycles. The van der Waals surface area contributed by atoms with Crippen molar-refractivity contribution in [2.45, 2.75) is 36.4 Å². The first-order valence-corrected chi connectivity index (χ1v) is 13.7. The first kappa shape index (κ1) is 24.4. The van der Waals surface area contributed by atoms with Crippen molar-refractivity contribution in [2.75, 3.05) is 41.7 Å². The van der Waals surface area contributed by atoms with Gasteiger partial charge in [-0.3, -0.25) is 14.8 Å². The van der Waals surface area contributed by atoms with Crippen molar-refractivity contribution >= 4 is 40.8 Å². The summed E-state index contributed by atoms with van der Waals surface area (Å²) in [6.07, 6.45) is 2.45. The smallest absolute Gasteiger partial charge is 0.255 e. The van der Waals surface area contributed by atoms with Gasteiger partial charge >= 0.3 is 0 Å². The van der Waals surface area contributed by atoms with Crippen molar-refractivity contribution in [1.82, 2.24) is 25.1 Å². The molecular weight excluding hydrogens is 496 g/mol. The highest BCUT2D eigenvalue weighted by Gasteiger charge is 2.19. The molecule has 38 heavy (non-hydrogen) atoms. The predicted octanol–water partition coefficient (Wildman–Crippen LogP) is 5.81. The highest BCUT2D eigenvalue weighted by Crippen LogP contribution is 2.31. The van der Waals surface area contributed by atoms with E-state index in [4.69, 9.17) is 9.97 Å². The third-order valence-corrected chi connectivity index (χ3v) is 7.60. The number of anilines is 4. The van der Waals surface area contributed by atoms with Crippen LogP contribution in [0.3, 0.4) is 0 Å². The number of amides is 1. The summed E-state index contributed by atoms with van der Waals surface area (Å²) in [5, 5.41) is 14.1. The Kier molecular flexibility index (Phi) is 6.98. The Morgan fingerprint density at radius 2 is 1.74 bits per heavy atom. The lowest BCUT2D eigenvalue weighted by Gasteiger charge is -2.32. The number of benzene rings is 2. The molecule has 4 heterocycles. The summed E-state index contributed by atoms with van der Waals surface area (Å²) in [7, 11) is 0. The summed E-state index contributed by atoms with van der Waals surface area (Å²) in [5.41, 5.74) is 3.61. The Hall–Kier alpha value is -3.89. The molecule has 2 aromatic heterocycles. The molecule has 6 rings (SSSR count). The quantitative estimate of drug-likeness (QED) is 0.232. The van der Waals surface area contributed by atoms with Crippen LogP contribution < -0.4 is 15.5 Å². The zero-order chi connectivity index (χ0) is 25.9. The molecule has 0 spiro atoms. The number of likely N-dealkylation sites (tertiary alicyclic amines) is 1. The second-order valence-electron chi connectivity index (χ2n) is 9.70. The first-order chi connectivity index (χ1) is 18.6. The highest BCUT2D eigenvalue weighted by atomic mass is 32.2. The largest absolute Gasteiger partial charge is 0.356 e. The van der Waals surface area contributed by atoms with Crippen LogP contribution in [0.1, 0.15) is 38.7 Å². The van der Waals surface area contributed by atoms with E-state index in [0.29, 0.717) is 16.5 Å². The van der Waals surface area contributed by atoms with E-state index in [2.05, 4.69) is 30.6 Å². The third kappa shape index (κ3) is 5.81. The van der Waals surface area contributed by atoms with Crippen molar-refractivity contribution in [3.05, 3.63) is 77.5 Å². The van der Waals surface area contributed by atoms with Gasteiger partial charge in [0, 0.05) is 57.9 Å². The number of hydrogen-bond donors (Lipinski definition) is 3. The van der Waals surface area contributed by atoms with Crippen molar-refractivity contribution in [2.24, 2.45) is 0 Å². The fourth-order valence-electron chi connectivity index (χ4n) is 4.32. The van der Waals surface area contributed by atoms with E-state index < -0.39 is 0 Å². The van der Waals surface area contributed by atoms with E-state index >= 15 is 0 Å². The van der Waals surface area contributed by atoms with Gasteiger partial charge in [-0.1, -0.05) is 12.1 Å². The number of H-pyrrole nitrogens is 1. The van der Waals surface area contributed by atoms with E-state index in [9.17, 15) is 4.79 Å². The van der Waals surface area contributed by atoms with E-state index in [1.54, 1.807) is 0 Å². The summed E-state index contributed by atoms with van der Waals surface area (Å²) in [6, 6.07) is 19.5. The highest BCUT2D eigenvalue weighted by molar-refractivity contribution is 7.99. The summed E-state index contributed by atoms with van der Waals surface area (Å²) in [6.45, 7) is 7.23. The zero-order valence-electron chi connectivity index (χ0n) is 21.3. The lowest BCUT2D eigenvalue weighted by Crippen LogP contribution is -2.37. The number of aromatic amines is 1. The maximum Gasteiger partial charge on any atom is 0.255 e. The summed E-state index contributed by atoms with van der Waals surface area (Å²) >= 11 is 1.49. The van der Waals surface area contributed by atoms with Crippen LogP contribution in [0.5, 0.6) is 0 Å². The molecule has 2 aromatic carbocycles. The number of aryl methyl sites for hydroxylation is 1. The third-order valence-electron chi connectivity index (χ3n) is 6.73. The molecule has 10 heteroatoms. The fourth-order valence-corrected chi connectivity index (χ4v) is 5.08. The van der Waals surface area contributed by atoms with Gasteiger partial charge in [-0.2, -0.15) is 5.10 Å². The van der Waals surface area contributed by atoms with Crippen LogP contribution in [-0.4, -0.2) is 57.2 Å². The van der Waals surface area contributed by atoms with Gasteiger partial charge < -0.3 is 15.5 Å². The second-order valence-corrected chi connectivity index (χ2v) is 10.7. The van der Waals surface area contributed by atoms with Crippen LogP contribution in [0.4, 0.5) is 23.1 Å². The number of nitrogens with one attached hydrogen (secondary N) is 3. The topological polar surface area (TPSA) is 102 Å². The van der Waals surface area contributed by atoms with Crippen LogP contribution in [0.15, 0.2) is 70.7 Å². The lowest BCUT2D eigenvalue weighted by atomic mass is 10.1. The molecule has 1 amide bonds. The van der Waals surface area contributed by atoms with Crippen LogP contribution in [0.2, 0.25) is 0 Å². The van der Waals surface area contributed by atoms with Gasteiger partial charge in [0.25, 0.3) is 5.91 Å². The first-order valence-electron chi connectivity index (χ1n) is 12.9. The molecule has 3 N–H and O–H groups in total. The number of rotatable bonds is 9. The molecule has 4 aromatic rings. The number of carbonyl (C=O) groups excluding carboxylic acids is 1. The number of aromatic nitrogens is 4. The molecule has 2 aliphatic heterocycles. The van der Waals surface area contributed by atoms with Crippen LogP contribution >= 0.6 is 11.8 Å². The molecule has 2 saturated heterocycles. The van der Waals surface area contributed by atoms with Gasteiger partial charge in [0.15, 0.2) is 11.0 Å². The van der Waals surface area contributed by atoms with Gasteiger partial charge in [-0.15, -0.1) is 0 Å². The molecule has 2 aliphatic rings. The average Bonchev–Trinajstić information content (AvgIpc) is 3.26. The van der Waals surface area contributed by atoms with Gasteiger partial charge in [0.05, 0.1) is 0 Å². The lowest BCUT2D eigenvalue weighted by molar-refractivity contribution is 0.102. The molecular formula is C28H36N8OS. The number of nitrogens with zero attached hydrogens (tertiary/aromatic N) is 5. The van der Waals surface area contributed by atoms with Crippen LogP contribution in [0, 0.1) is 6.92 Å². The molecule has 0 atom stereocenters. The monoisotopic (exact) mass is 532 g/mol. The Morgan fingerprint density at radius 1 is 0.974 bits per heavy atom. The minimum Gasteiger partial charge on any atom is -0.356 e. The van der Waals surface area contributed by atoms with Crippen molar-refractivity contribution < 1.29 is 9.07 Å². The Bertz CT molecular complexity index is 1430. The Labute approximate surface area is 230 Å². The summed E-state index contributed by atoms with van der Waals surface area (Å²) in [5.74, 6) is 2.22. The molecule has 9 nitrogen and oxygen atoms in total. The summed E-state index contributed by atoms with van der Waals surface area (Å²) < 4.78 is 0. The molecule has 0 radical (unpaired) electrons. The molecule has 0 unspecified atom stereocenters. The number of carbonyl (C=O) groups is 1. The minimum absolute atomic E-state index is 0. The van der Waals surface area contributed by atoms with E-state index in [1.165, 1.54) is 30.2 Å². The van der Waals surface area contributed by atoms with E-state index in [-0.39, 0.29) is 10.2 Å². The zero-order valence-corrected chi connectivity index (χ0v) is 22.1. The van der Waals surface area contributed by atoms with Gasteiger partial charge in [-0.25, -0.2) is 9.97 Å². The van der Waals surface area contributed by atoms with E-state index in [1.807, 2.05) is 67.6 Å². The molecule has 0 aliphatic carbocycles. The molecule has 2 fully saturated rings. The SMILES string of the molecule is Cc1cc(Nc2cc(N3CCC3)nc(Sc3ccc(NC(=O)c4ccc(CN5CCC5)cc4)cc3)n2)n[nH]1.[HH].[HH].[HH]. The summed E-state index contributed by atoms with van der Waals surface area (Å²) in [4.78, 5) is 27.9. The van der Waals surface area contributed by atoms with Crippen molar-refractivity contribution in [1.29, 1.82) is 0 Å². The van der Waals surface area contributed by atoms with Crippen molar-refractivity contribution in [3.63, 3.8) is 0 Å². The van der Waals surface area contributed by atoms with Crippen molar-refractivity contribution in [3.8, 4) is 0 Å². The normalized spacial score (nSPS) is 15.0. The minimum atomic E-state index is -0.115. The van der Waals surface area contributed by atoms with Gasteiger partial charge in [0.1, 0.15) is 11.6 Å². The van der Waals surface area contributed by atoms with Gasteiger partial charge in [-0.05, 0) is 86.6 Å². The predicted molar refractivity (Wildman–Crippen MR) is 157 cm³/mol. The second kappa shape index (κ2) is 10.8. The molecule has 200 valence electrons. The van der Waals surface area contributed by atoms with Gasteiger partial charge in [0.2, 0.25) is 0 Å². The fraction of sp³-hybridized carbons (Fsp3) is 0.286. The Balaban J connectivity index is 0.00000154. The number of hydrogen-bond acceptors (Lipinski definition) is 8. The van der Waals surface area contributed by atoms with Crippen LogP contribution in [-0.2, 0) is 6.54 Å². The van der Waals surface area contributed by atoms with E-state index in [0.717, 1.165) is 60.6 Å². The average molecular weight is 533 g/mol. The molecule has 0 bridgehead atoms. The maximum absolute atomic E-state index is 12.7. The maximum atomic E-state index is 12.7. The Morgan fingerprint density at radius 3 is 2.37 bits per heavy atom. The van der Waals surface area contributed by atoms with Crippen LogP contribution in [0.25, 0.3) is 0 Å².